The number of aliphatic hydroxyl groups is 1. The van der Waals surface area contributed by atoms with Crippen LogP contribution < -0.4 is 5.32 Å². The molecule has 0 amide bonds. The molecule has 0 saturated heterocycles. The topological polar surface area (TPSA) is 32.3 Å². The fourth-order valence-corrected chi connectivity index (χ4v) is 3.52. The Morgan fingerprint density at radius 3 is 2.68 bits per heavy atom. The molecular formula is C13H18F3NOS. The van der Waals surface area contributed by atoms with Crippen molar-refractivity contribution in [2.75, 3.05) is 6.54 Å². The summed E-state index contributed by atoms with van der Waals surface area (Å²) in [5.74, 6) is 0. The van der Waals surface area contributed by atoms with E-state index in [-0.39, 0.29) is 6.04 Å². The largest absolute Gasteiger partial charge is 0.415 e. The van der Waals surface area contributed by atoms with E-state index >= 15 is 0 Å². The molecule has 1 aliphatic rings. The number of aryl methyl sites for hydroxylation is 2. The second-order valence-electron chi connectivity index (χ2n) is 4.99. The van der Waals surface area contributed by atoms with Gasteiger partial charge in [-0.2, -0.15) is 13.2 Å². The number of hydrogen-bond acceptors (Lipinski definition) is 3. The van der Waals surface area contributed by atoms with E-state index in [9.17, 15) is 13.2 Å². The van der Waals surface area contributed by atoms with E-state index in [1.165, 1.54) is 23.3 Å². The van der Waals surface area contributed by atoms with Crippen LogP contribution in [-0.2, 0) is 12.8 Å². The zero-order chi connectivity index (χ0) is 14.0. The van der Waals surface area contributed by atoms with Crippen molar-refractivity contribution in [2.24, 2.45) is 0 Å². The van der Waals surface area contributed by atoms with Gasteiger partial charge in [0.25, 0.3) is 0 Å². The molecule has 1 aromatic heterocycles. The van der Waals surface area contributed by atoms with E-state index in [0.717, 1.165) is 17.7 Å². The summed E-state index contributed by atoms with van der Waals surface area (Å²) in [4.78, 5) is 2.42. The highest BCUT2D eigenvalue weighted by molar-refractivity contribution is 7.12. The summed E-state index contributed by atoms with van der Waals surface area (Å²) in [7, 11) is 0. The fraction of sp³-hybridized carbons (Fsp3) is 0.692. The first-order valence-corrected chi connectivity index (χ1v) is 7.29. The van der Waals surface area contributed by atoms with Gasteiger partial charge in [0.1, 0.15) is 0 Å². The Labute approximate surface area is 114 Å². The van der Waals surface area contributed by atoms with E-state index in [2.05, 4.69) is 11.4 Å². The lowest BCUT2D eigenvalue weighted by molar-refractivity contribution is -0.202. The SMILES string of the molecule is CC(NCC(O)C(F)(F)F)c1cc2c(s1)CCCC2. The van der Waals surface area contributed by atoms with Crippen LogP contribution in [0.3, 0.4) is 0 Å². The Morgan fingerprint density at radius 2 is 2.05 bits per heavy atom. The first-order valence-electron chi connectivity index (χ1n) is 6.47. The molecular weight excluding hydrogens is 275 g/mol. The maximum Gasteiger partial charge on any atom is 0.415 e. The van der Waals surface area contributed by atoms with Gasteiger partial charge in [0, 0.05) is 22.3 Å². The highest BCUT2D eigenvalue weighted by Gasteiger charge is 2.38. The number of alkyl halides is 3. The monoisotopic (exact) mass is 293 g/mol. The van der Waals surface area contributed by atoms with Crippen molar-refractivity contribution >= 4 is 11.3 Å². The van der Waals surface area contributed by atoms with Crippen LogP contribution in [0, 0.1) is 0 Å². The van der Waals surface area contributed by atoms with Crippen molar-refractivity contribution in [1.82, 2.24) is 5.32 Å². The average Bonchev–Trinajstić information content (AvgIpc) is 2.78. The summed E-state index contributed by atoms with van der Waals surface area (Å²) in [6, 6.07) is 1.93. The molecule has 0 aromatic carbocycles. The van der Waals surface area contributed by atoms with E-state index < -0.39 is 18.8 Å². The Balaban J connectivity index is 1.93. The maximum atomic E-state index is 12.2. The number of thiophene rings is 1. The standard InChI is InChI=1S/C13H18F3NOS/c1-8(17-7-12(18)13(14,15)16)11-6-9-4-2-3-5-10(9)19-11/h6,8,12,17-18H,2-5,7H2,1H3. The lowest BCUT2D eigenvalue weighted by Gasteiger charge is -2.18. The second kappa shape index (κ2) is 5.81. The quantitative estimate of drug-likeness (QED) is 0.893. The molecule has 1 aromatic rings. The third-order valence-electron chi connectivity index (χ3n) is 3.44. The lowest BCUT2D eigenvalue weighted by Crippen LogP contribution is -2.39. The highest BCUT2D eigenvalue weighted by atomic mass is 32.1. The first kappa shape index (κ1) is 14.8. The molecule has 0 radical (unpaired) electrons. The van der Waals surface area contributed by atoms with E-state index in [1.54, 1.807) is 11.3 Å². The number of halogens is 3. The van der Waals surface area contributed by atoms with Crippen LogP contribution >= 0.6 is 11.3 Å². The molecule has 19 heavy (non-hydrogen) atoms. The lowest BCUT2D eigenvalue weighted by atomic mass is 9.99. The van der Waals surface area contributed by atoms with Crippen LogP contribution in [0.2, 0.25) is 0 Å². The molecule has 0 fully saturated rings. The maximum absolute atomic E-state index is 12.2. The van der Waals surface area contributed by atoms with Gasteiger partial charge in [-0.25, -0.2) is 0 Å². The van der Waals surface area contributed by atoms with Crippen molar-refractivity contribution in [3.63, 3.8) is 0 Å². The molecule has 2 unspecified atom stereocenters. The Morgan fingerprint density at radius 1 is 1.37 bits per heavy atom. The molecule has 2 atom stereocenters. The third kappa shape index (κ3) is 3.70. The van der Waals surface area contributed by atoms with Gasteiger partial charge in [-0.1, -0.05) is 0 Å². The Hall–Kier alpha value is -0.590. The molecule has 108 valence electrons. The van der Waals surface area contributed by atoms with Gasteiger partial charge in [0.15, 0.2) is 6.10 Å². The Kier molecular flexibility index (Phi) is 4.53. The predicted octanol–water partition coefficient (Wildman–Crippen LogP) is 3.20. The van der Waals surface area contributed by atoms with Gasteiger partial charge in [0.2, 0.25) is 0 Å². The number of aliphatic hydroxyl groups excluding tert-OH is 1. The van der Waals surface area contributed by atoms with Gasteiger partial charge in [-0.05, 0) is 44.2 Å². The van der Waals surface area contributed by atoms with Crippen molar-refractivity contribution in [2.45, 2.75) is 50.9 Å². The molecule has 6 heteroatoms. The van der Waals surface area contributed by atoms with Gasteiger partial charge in [0.05, 0.1) is 0 Å². The molecule has 0 saturated carbocycles. The van der Waals surface area contributed by atoms with Crippen LogP contribution in [0.5, 0.6) is 0 Å². The van der Waals surface area contributed by atoms with Crippen molar-refractivity contribution < 1.29 is 18.3 Å². The molecule has 1 aliphatic carbocycles. The molecule has 0 aliphatic heterocycles. The smallest absolute Gasteiger partial charge is 0.382 e. The minimum atomic E-state index is -4.55. The zero-order valence-electron chi connectivity index (χ0n) is 10.8. The van der Waals surface area contributed by atoms with Crippen LogP contribution in [0.1, 0.15) is 41.1 Å². The third-order valence-corrected chi connectivity index (χ3v) is 4.86. The minimum absolute atomic E-state index is 0.160. The fourth-order valence-electron chi connectivity index (χ4n) is 2.23. The van der Waals surface area contributed by atoms with Crippen molar-refractivity contribution in [1.29, 1.82) is 0 Å². The molecule has 0 bridgehead atoms. The molecule has 1 heterocycles. The molecule has 2 rings (SSSR count). The number of fused-ring (bicyclic) bond motifs is 1. The summed E-state index contributed by atoms with van der Waals surface area (Å²) in [5.41, 5.74) is 1.34. The van der Waals surface area contributed by atoms with Gasteiger partial charge >= 0.3 is 6.18 Å². The average molecular weight is 293 g/mol. The van der Waals surface area contributed by atoms with Crippen LogP contribution in [0.15, 0.2) is 6.07 Å². The summed E-state index contributed by atoms with van der Waals surface area (Å²) >= 11 is 1.68. The van der Waals surface area contributed by atoms with Crippen LogP contribution in [0.4, 0.5) is 13.2 Å². The predicted molar refractivity (Wildman–Crippen MR) is 69.4 cm³/mol. The summed E-state index contributed by atoms with van der Waals surface area (Å²) < 4.78 is 36.6. The van der Waals surface area contributed by atoms with Crippen LogP contribution in [-0.4, -0.2) is 23.9 Å². The van der Waals surface area contributed by atoms with Crippen molar-refractivity contribution in [3.8, 4) is 0 Å². The zero-order valence-corrected chi connectivity index (χ0v) is 11.6. The van der Waals surface area contributed by atoms with E-state index in [0.29, 0.717) is 0 Å². The first-order chi connectivity index (χ1) is 8.88. The number of rotatable bonds is 4. The van der Waals surface area contributed by atoms with Gasteiger partial charge < -0.3 is 10.4 Å². The minimum Gasteiger partial charge on any atom is -0.382 e. The number of hydrogen-bond donors (Lipinski definition) is 2. The van der Waals surface area contributed by atoms with Crippen LogP contribution in [0.25, 0.3) is 0 Å². The number of nitrogens with one attached hydrogen (secondary N) is 1. The van der Waals surface area contributed by atoms with E-state index in [1.807, 2.05) is 6.92 Å². The normalized spacial score (nSPS) is 19.0. The second-order valence-corrected chi connectivity index (χ2v) is 6.16. The van der Waals surface area contributed by atoms with Gasteiger partial charge in [-0.15, -0.1) is 11.3 Å². The summed E-state index contributed by atoms with van der Waals surface area (Å²) in [5, 5.41) is 11.7. The Bertz CT molecular complexity index is 407. The van der Waals surface area contributed by atoms with E-state index in [4.69, 9.17) is 5.11 Å². The van der Waals surface area contributed by atoms with Gasteiger partial charge in [-0.3, -0.25) is 0 Å². The molecule has 0 spiro atoms. The highest BCUT2D eigenvalue weighted by Crippen LogP contribution is 2.32. The van der Waals surface area contributed by atoms with Crippen molar-refractivity contribution in [3.05, 3.63) is 21.4 Å². The summed E-state index contributed by atoms with van der Waals surface area (Å²) in [6.07, 6.45) is -2.31. The molecule has 2 nitrogen and oxygen atoms in total. The molecule has 2 N–H and O–H groups in total. The summed E-state index contributed by atoms with van der Waals surface area (Å²) in [6.45, 7) is 1.37.